The molecule has 33 heavy (non-hydrogen) atoms. The first kappa shape index (κ1) is 21.7. The summed E-state index contributed by atoms with van der Waals surface area (Å²) in [6, 6.07) is 24.5. The van der Waals surface area contributed by atoms with Gasteiger partial charge in [-0.1, -0.05) is 78.3 Å². The van der Waals surface area contributed by atoms with Crippen molar-refractivity contribution in [3.63, 3.8) is 0 Å². The van der Waals surface area contributed by atoms with Gasteiger partial charge in [-0.05, 0) is 47.4 Å². The predicted molar refractivity (Wildman–Crippen MR) is 135 cm³/mol. The van der Waals surface area contributed by atoms with E-state index in [1.54, 1.807) is 0 Å². The smallest absolute Gasteiger partial charge is 0.258 e. The average molecular weight is 501 g/mol. The van der Waals surface area contributed by atoms with Gasteiger partial charge in [0.05, 0.1) is 23.3 Å². The number of hydrogen-bond donors (Lipinski definition) is 1. The number of halogens is 1. The second-order valence-electron chi connectivity index (χ2n) is 9.39. The number of carbonyl (C=O) groups excluding carboxylic acids is 2. The van der Waals surface area contributed by atoms with Gasteiger partial charge in [-0.15, -0.1) is 0 Å². The van der Waals surface area contributed by atoms with Crippen molar-refractivity contribution < 1.29 is 9.59 Å². The molecule has 0 aromatic heterocycles. The van der Waals surface area contributed by atoms with Gasteiger partial charge in [-0.3, -0.25) is 14.5 Å². The number of carbonyl (C=O) groups is 2. The normalized spacial score (nSPS) is 21.2. The Morgan fingerprint density at radius 2 is 1.64 bits per heavy atom. The lowest BCUT2D eigenvalue weighted by molar-refractivity contribution is -0.124. The molecule has 0 radical (unpaired) electrons. The summed E-state index contributed by atoms with van der Waals surface area (Å²) in [7, 11) is 0. The number of rotatable bonds is 2. The Morgan fingerprint density at radius 3 is 2.36 bits per heavy atom. The van der Waals surface area contributed by atoms with Gasteiger partial charge in [-0.2, -0.15) is 0 Å². The minimum Gasteiger partial charge on any atom is -0.357 e. The molecule has 0 bridgehead atoms. The van der Waals surface area contributed by atoms with Crippen molar-refractivity contribution >= 4 is 39.0 Å². The molecule has 1 aliphatic heterocycles. The van der Waals surface area contributed by atoms with Crippen LogP contribution in [0.25, 0.3) is 0 Å². The molecule has 0 saturated carbocycles. The molecular formula is C28H25BrN2O2. The maximum Gasteiger partial charge on any atom is 0.258 e. The molecule has 0 saturated heterocycles. The Balaban J connectivity index is 1.78. The lowest BCUT2D eigenvalue weighted by Crippen LogP contribution is -2.43. The van der Waals surface area contributed by atoms with Gasteiger partial charge < -0.3 is 5.32 Å². The monoisotopic (exact) mass is 500 g/mol. The molecule has 3 aromatic carbocycles. The fourth-order valence-corrected chi connectivity index (χ4v) is 5.22. The van der Waals surface area contributed by atoms with Crippen LogP contribution in [-0.4, -0.2) is 11.7 Å². The molecule has 1 aliphatic carbocycles. The SMILES string of the molecule is CC1(C)C=C2Nc3ccccc3N(C(=O)c3ccccc3)[C@@H](c3ccc(Br)cc3)[C@H]2C(=O)C1. The highest BCUT2D eigenvalue weighted by atomic mass is 79.9. The summed E-state index contributed by atoms with van der Waals surface area (Å²) >= 11 is 3.52. The molecule has 0 fully saturated rings. The third-order valence-electron chi connectivity index (χ3n) is 6.35. The first-order valence-electron chi connectivity index (χ1n) is 11.1. The molecule has 5 heteroatoms. The average Bonchev–Trinajstić information content (AvgIpc) is 2.93. The van der Waals surface area contributed by atoms with E-state index in [0.29, 0.717) is 12.0 Å². The minimum atomic E-state index is -0.487. The molecule has 2 atom stereocenters. The molecule has 1 heterocycles. The van der Waals surface area contributed by atoms with E-state index < -0.39 is 12.0 Å². The number of ketones is 1. The summed E-state index contributed by atoms with van der Waals surface area (Å²) in [4.78, 5) is 29.5. The lowest BCUT2D eigenvalue weighted by Gasteiger charge is -2.39. The Kier molecular flexibility index (Phi) is 5.45. The van der Waals surface area contributed by atoms with Crippen molar-refractivity contribution in [3.8, 4) is 0 Å². The Morgan fingerprint density at radius 1 is 0.970 bits per heavy atom. The van der Waals surface area contributed by atoms with E-state index in [9.17, 15) is 9.59 Å². The van der Waals surface area contributed by atoms with Crippen LogP contribution in [-0.2, 0) is 4.79 Å². The molecule has 1 N–H and O–H groups in total. The highest BCUT2D eigenvalue weighted by Gasteiger charge is 2.46. The van der Waals surface area contributed by atoms with Crippen LogP contribution in [0.3, 0.4) is 0 Å². The summed E-state index contributed by atoms with van der Waals surface area (Å²) in [5.74, 6) is -0.479. The van der Waals surface area contributed by atoms with Crippen molar-refractivity contribution in [2.75, 3.05) is 10.2 Å². The second kappa shape index (κ2) is 8.31. The third kappa shape index (κ3) is 4.02. The molecule has 2 aliphatic rings. The van der Waals surface area contributed by atoms with Crippen LogP contribution in [0.15, 0.2) is 95.1 Å². The van der Waals surface area contributed by atoms with Crippen LogP contribution in [0, 0.1) is 11.3 Å². The first-order valence-corrected chi connectivity index (χ1v) is 11.9. The topological polar surface area (TPSA) is 49.4 Å². The van der Waals surface area contributed by atoms with E-state index in [-0.39, 0.29) is 17.1 Å². The van der Waals surface area contributed by atoms with Crippen LogP contribution in [0.4, 0.5) is 11.4 Å². The number of nitrogens with zero attached hydrogens (tertiary/aromatic N) is 1. The Hall–Kier alpha value is -3.18. The fraction of sp³-hybridized carbons (Fsp3) is 0.214. The Bertz CT molecular complexity index is 1250. The van der Waals surface area contributed by atoms with Gasteiger partial charge in [-0.25, -0.2) is 0 Å². The number of benzene rings is 3. The van der Waals surface area contributed by atoms with Crippen molar-refractivity contribution in [1.29, 1.82) is 0 Å². The van der Waals surface area contributed by atoms with Crippen LogP contribution >= 0.6 is 15.9 Å². The highest BCUT2D eigenvalue weighted by molar-refractivity contribution is 9.10. The quantitative estimate of drug-likeness (QED) is 0.422. The first-order chi connectivity index (χ1) is 15.8. The summed E-state index contributed by atoms with van der Waals surface area (Å²) in [6.07, 6.45) is 2.60. The zero-order chi connectivity index (χ0) is 23.2. The molecule has 5 rings (SSSR count). The summed E-state index contributed by atoms with van der Waals surface area (Å²) in [5, 5.41) is 3.53. The van der Waals surface area contributed by atoms with Crippen LogP contribution < -0.4 is 10.2 Å². The summed E-state index contributed by atoms with van der Waals surface area (Å²) in [5.41, 5.74) is 3.70. The number of allylic oxidation sites excluding steroid dienone is 1. The maximum absolute atomic E-state index is 14.0. The summed E-state index contributed by atoms with van der Waals surface area (Å²) in [6.45, 7) is 4.16. The lowest BCUT2D eigenvalue weighted by atomic mass is 9.72. The summed E-state index contributed by atoms with van der Waals surface area (Å²) < 4.78 is 0.950. The number of hydrogen-bond acceptors (Lipinski definition) is 3. The zero-order valence-corrected chi connectivity index (χ0v) is 20.2. The van der Waals surface area contributed by atoms with Crippen LogP contribution in [0.2, 0.25) is 0 Å². The van der Waals surface area contributed by atoms with Gasteiger partial charge in [0.2, 0.25) is 0 Å². The number of para-hydroxylation sites is 2. The molecule has 3 aromatic rings. The van der Waals surface area contributed by atoms with Crippen LogP contribution in [0.1, 0.15) is 42.2 Å². The number of anilines is 2. The van der Waals surface area contributed by atoms with E-state index in [1.165, 1.54) is 0 Å². The predicted octanol–water partition coefficient (Wildman–Crippen LogP) is 6.76. The van der Waals surface area contributed by atoms with E-state index >= 15 is 0 Å². The number of amides is 1. The van der Waals surface area contributed by atoms with Gasteiger partial charge >= 0.3 is 0 Å². The van der Waals surface area contributed by atoms with E-state index in [0.717, 1.165) is 27.1 Å². The van der Waals surface area contributed by atoms with Crippen molar-refractivity contribution in [1.82, 2.24) is 0 Å². The van der Waals surface area contributed by atoms with Gasteiger partial charge in [0.1, 0.15) is 5.78 Å². The maximum atomic E-state index is 14.0. The second-order valence-corrected chi connectivity index (χ2v) is 10.3. The fourth-order valence-electron chi connectivity index (χ4n) is 4.96. The van der Waals surface area contributed by atoms with E-state index in [2.05, 4.69) is 41.2 Å². The molecule has 0 spiro atoms. The van der Waals surface area contributed by atoms with Crippen LogP contribution in [0.5, 0.6) is 0 Å². The van der Waals surface area contributed by atoms with Crippen molar-refractivity contribution in [3.05, 3.63) is 106 Å². The molecule has 166 valence electrons. The molecule has 0 unspecified atom stereocenters. The zero-order valence-electron chi connectivity index (χ0n) is 18.6. The highest BCUT2D eigenvalue weighted by Crippen LogP contribution is 2.49. The minimum absolute atomic E-state index is 0.128. The van der Waals surface area contributed by atoms with E-state index in [4.69, 9.17) is 0 Å². The Labute approximate surface area is 202 Å². The standard InChI is InChI=1S/C28H25BrN2O2/c1-28(2)16-22-25(24(32)17-28)26(18-12-14-20(29)15-13-18)31(23-11-7-6-10-21(23)30-22)27(33)19-8-4-3-5-9-19/h3-16,25-26,30H,17H2,1-2H3/t25-,26+/m1/s1. The number of nitrogens with one attached hydrogen (secondary N) is 1. The largest absolute Gasteiger partial charge is 0.357 e. The van der Waals surface area contributed by atoms with Gasteiger partial charge in [0.25, 0.3) is 5.91 Å². The van der Waals surface area contributed by atoms with Crippen molar-refractivity contribution in [2.45, 2.75) is 26.3 Å². The molecule has 1 amide bonds. The third-order valence-corrected chi connectivity index (χ3v) is 6.87. The number of fused-ring (bicyclic) bond motifs is 2. The van der Waals surface area contributed by atoms with E-state index in [1.807, 2.05) is 83.8 Å². The molecule has 4 nitrogen and oxygen atoms in total. The van der Waals surface area contributed by atoms with Gasteiger partial charge in [0, 0.05) is 22.2 Å². The van der Waals surface area contributed by atoms with Gasteiger partial charge in [0.15, 0.2) is 0 Å². The number of Topliss-reactive ketones (excluding diaryl/α,β-unsaturated/α-hetero) is 1. The van der Waals surface area contributed by atoms with Crippen molar-refractivity contribution in [2.24, 2.45) is 11.3 Å². The molecular weight excluding hydrogens is 476 g/mol.